The van der Waals surface area contributed by atoms with Crippen molar-refractivity contribution in [3.05, 3.63) is 182 Å². The van der Waals surface area contributed by atoms with Crippen LogP contribution in [0.1, 0.15) is 138 Å². The predicted octanol–water partition coefficient (Wildman–Crippen LogP) is 13.6. The molecular formula is C59H67BN2. The van der Waals surface area contributed by atoms with E-state index >= 15 is 0 Å². The van der Waals surface area contributed by atoms with Gasteiger partial charge >= 0.3 is 0 Å². The van der Waals surface area contributed by atoms with Crippen molar-refractivity contribution in [1.29, 1.82) is 0 Å². The summed E-state index contributed by atoms with van der Waals surface area (Å²) in [7, 11) is 0. The summed E-state index contributed by atoms with van der Waals surface area (Å²) in [6.45, 7) is 33.0. The second-order valence-electron chi connectivity index (χ2n) is 20.8. The van der Waals surface area contributed by atoms with Crippen molar-refractivity contribution in [1.82, 2.24) is 0 Å². The molecule has 0 N–H and O–H groups in total. The molecule has 0 aromatic heterocycles. The Labute approximate surface area is 374 Å². The minimum atomic E-state index is -0.286. The molecule has 3 heteroatoms. The first kappa shape index (κ1) is 42.0. The number of anilines is 4. The highest BCUT2D eigenvalue weighted by molar-refractivity contribution is 6.97. The largest absolute Gasteiger partial charge is 0.334 e. The van der Waals surface area contributed by atoms with E-state index in [1.54, 1.807) is 0 Å². The summed E-state index contributed by atoms with van der Waals surface area (Å²) in [6.07, 6.45) is 11.7. The normalized spacial score (nSPS) is 19.4. The van der Waals surface area contributed by atoms with Gasteiger partial charge in [-0.15, -0.1) is 0 Å². The Morgan fingerprint density at radius 2 is 1.19 bits per heavy atom. The monoisotopic (exact) mass is 815 g/mol. The maximum atomic E-state index is 2.66. The molecule has 0 saturated heterocycles. The minimum Gasteiger partial charge on any atom is -0.334 e. The Kier molecular flexibility index (Phi) is 10.3. The first-order valence-corrected chi connectivity index (χ1v) is 23.3. The fourth-order valence-corrected chi connectivity index (χ4v) is 11.3. The summed E-state index contributed by atoms with van der Waals surface area (Å²) in [6, 6.07) is 34.2. The average molecular weight is 815 g/mol. The topological polar surface area (TPSA) is 6.48 Å². The summed E-state index contributed by atoms with van der Waals surface area (Å²) in [5.41, 5.74) is 27.1. The van der Waals surface area contributed by atoms with Gasteiger partial charge in [0.1, 0.15) is 0 Å². The molecule has 2 heterocycles. The van der Waals surface area contributed by atoms with Crippen LogP contribution < -0.4 is 26.2 Å². The lowest BCUT2D eigenvalue weighted by Crippen LogP contribution is -2.67. The molecule has 0 amide bonds. The summed E-state index contributed by atoms with van der Waals surface area (Å²) >= 11 is 0. The van der Waals surface area contributed by atoms with Crippen LogP contribution in [-0.4, -0.2) is 12.8 Å². The van der Waals surface area contributed by atoms with Crippen LogP contribution >= 0.6 is 0 Å². The van der Waals surface area contributed by atoms with Crippen molar-refractivity contribution >= 4 is 45.9 Å². The van der Waals surface area contributed by atoms with Crippen LogP contribution in [0.4, 0.5) is 22.7 Å². The van der Waals surface area contributed by atoms with Crippen LogP contribution in [0.25, 0.3) is 0 Å². The van der Waals surface area contributed by atoms with Gasteiger partial charge in [-0.25, -0.2) is 0 Å². The number of allylic oxidation sites excluding steroid dienone is 6. The van der Waals surface area contributed by atoms with Gasteiger partial charge < -0.3 is 9.80 Å². The van der Waals surface area contributed by atoms with Crippen LogP contribution in [0, 0.1) is 33.6 Å². The zero-order valence-electron chi connectivity index (χ0n) is 40.0. The van der Waals surface area contributed by atoms with Gasteiger partial charge in [0.2, 0.25) is 6.71 Å². The average Bonchev–Trinajstić information content (AvgIpc) is 3.23. The Hall–Kier alpha value is -5.28. The van der Waals surface area contributed by atoms with Crippen LogP contribution in [0.3, 0.4) is 0 Å². The van der Waals surface area contributed by atoms with Crippen LogP contribution in [-0.2, 0) is 10.8 Å². The molecule has 2 unspecified atom stereocenters. The second kappa shape index (κ2) is 15.2. The quantitative estimate of drug-likeness (QED) is 0.151. The molecule has 0 fully saturated rings. The second-order valence-corrected chi connectivity index (χ2v) is 20.8. The molecule has 0 spiro atoms. The van der Waals surface area contributed by atoms with E-state index in [4.69, 9.17) is 0 Å². The Morgan fingerprint density at radius 3 is 1.82 bits per heavy atom. The van der Waals surface area contributed by atoms with Crippen molar-refractivity contribution < 1.29 is 0 Å². The lowest BCUT2D eigenvalue weighted by molar-refractivity contribution is 0.619. The third-order valence-corrected chi connectivity index (χ3v) is 15.8. The van der Waals surface area contributed by atoms with E-state index in [2.05, 4.69) is 216 Å². The highest BCUT2D eigenvalue weighted by atomic mass is 15.2. The third kappa shape index (κ3) is 6.68. The molecule has 0 bridgehead atoms. The number of rotatable bonds is 7. The Bertz CT molecular complexity index is 2790. The number of hydrogen-bond acceptors (Lipinski definition) is 2. The van der Waals surface area contributed by atoms with Crippen LogP contribution in [0.15, 0.2) is 132 Å². The highest BCUT2D eigenvalue weighted by Crippen LogP contribution is 2.47. The standard InChI is InChI=1S/C59H67BN2/c1-35(2)50-16-15-17-51-56(50)60-55-27-26-48(61(44-22-18-36(3)40(7)28-44)45-23-19-37(4)41(8)29-45)32-52(55)59(13,14)54-34-49(33-53(57(54)60)58(51,11)12)62(46-24-20-38(5)42(9)30-46)47-25-21-39(6)43(10)31-47/h15-24,26-28,30-35,41,47H,25,29H2,1-14H3. The van der Waals surface area contributed by atoms with Crippen molar-refractivity contribution in [3.8, 4) is 0 Å². The van der Waals surface area contributed by atoms with E-state index in [-0.39, 0.29) is 23.6 Å². The van der Waals surface area contributed by atoms with E-state index in [0.29, 0.717) is 11.8 Å². The summed E-state index contributed by atoms with van der Waals surface area (Å²) in [5.74, 6) is 0.888. The maximum Gasteiger partial charge on any atom is 0.243 e. The lowest BCUT2D eigenvalue weighted by atomic mass is 9.26. The fraction of sp³-hybridized carbons (Fsp3) is 0.356. The molecule has 0 radical (unpaired) electrons. The zero-order chi connectivity index (χ0) is 44.2. The minimum absolute atomic E-state index is 0.139. The predicted molar refractivity (Wildman–Crippen MR) is 270 cm³/mol. The first-order chi connectivity index (χ1) is 29.4. The molecule has 9 rings (SSSR count). The SMILES string of the molecule is CC1=CCC(N(c2ccc(C)c(C)c2)c2cc3c4c(c2)C(C)(C)c2cccc(C(C)C)c2B4c2ccc(N(C4=CC=C(C)C(C)C4)c4ccc(C)c(C)c4)cc2C3(C)C)C=C1C. The zero-order valence-corrected chi connectivity index (χ0v) is 40.0. The fourth-order valence-electron chi connectivity index (χ4n) is 11.3. The summed E-state index contributed by atoms with van der Waals surface area (Å²) in [4.78, 5) is 5.22. The molecule has 0 saturated carbocycles. The molecule has 2 aliphatic heterocycles. The molecule has 5 aromatic carbocycles. The van der Waals surface area contributed by atoms with Gasteiger partial charge in [-0.1, -0.05) is 136 Å². The van der Waals surface area contributed by atoms with Gasteiger partial charge in [0.05, 0.1) is 6.04 Å². The molecule has 5 aromatic rings. The van der Waals surface area contributed by atoms with Crippen molar-refractivity contribution in [2.45, 2.75) is 133 Å². The highest BCUT2D eigenvalue weighted by Gasteiger charge is 2.50. The van der Waals surface area contributed by atoms with E-state index in [0.717, 1.165) is 12.8 Å². The molecule has 2 nitrogen and oxygen atoms in total. The molecule has 2 atom stereocenters. The Morgan fingerprint density at radius 1 is 0.597 bits per heavy atom. The third-order valence-electron chi connectivity index (χ3n) is 15.8. The van der Waals surface area contributed by atoms with E-state index in [1.165, 1.54) is 112 Å². The van der Waals surface area contributed by atoms with E-state index < -0.39 is 0 Å². The van der Waals surface area contributed by atoms with E-state index in [1.807, 2.05) is 0 Å². The van der Waals surface area contributed by atoms with Crippen LogP contribution in [0.5, 0.6) is 0 Å². The maximum absolute atomic E-state index is 2.66. The van der Waals surface area contributed by atoms with Crippen molar-refractivity contribution in [3.63, 3.8) is 0 Å². The molecule has 62 heavy (non-hydrogen) atoms. The van der Waals surface area contributed by atoms with Gasteiger partial charge in [0.25, 0.3) is 0 Å². The van der Waals surface area contributed by atoms with Gasteiger partial charge in [0, 0.05) is 39.3 Å². The molecular weight excluding hydrogens is 747 g/mol. The van der Waals surface area contributed by atoms with Gasteiger partial charge in [-0.05, 0) is 178 Å². The Balaban J connectivity index is 1.33. The molecule has 2 aliphatic carbocycles. The first-order valence-electron chi connectivity index (χ1n) is 23.3. The number of hydrogen-bond donors (Lipinski definition) is 0. The number of fused-ring (bicyclic) bond motifs is 4. The number of benzene rings is 5. The number of nitrogens with zero attached hydrogens (tertiary/aromatic N) is 2. The van der Waals surface area contributed by atoms with Crippen LogP contribution in [0.2, 0.25) is 0 Å². The van der Waals surface area contributed by atoms with Crippen molar-refractivity contribution in [2.75, 3.05) is 9.80 Å². The molecule has 4 aliphatic rings. The van der Waals surface area contributed by atoms with E-state index in [9.17, 15) is 0 Å². The summed E-state index contributed by atoms with van der Waals surface area (Å²) < 4.78 is 0. The van der Waals surface area contributed by atoms with Crippen molar-refractivity contribution in [2.24, 2.45) is 5.92 Å². The summed E-state index contributed by atoms with van der Waals surface area (Å²) in [5, 5.41) is 0. The van der Waals surface area contributed by atoms with Gasteiger partial charge in [-0.3, -0.25) is 0 Å². The smallest absolute Gasteiger partial charge is 0.243 e. The van der Waals surface area contributed by atoms with Gasteiger partial charge in [-0.2, -0.15) is 0 Å². The number of aryl methyl sites for hydroxylation is 4. The lowest BCUT2D eigenvalue weighted by Gasteiger charge is -2.48. The molecule has 316 valence electrons. The van der Waals surface area contributed by atoms with Gasteiger partial charge in [0.15, 0.2) is 0 Å².